The Labute approximate surface area is 165 Å². The summed E-state index contributed by atoms with van der Waals surface area (Å²) >= 11 is 0. The van der Waals surface area contributed by atoms with Crippen LogP contribution in [0.5, 0.6) is 0 Å². The highest BCUT2D eigenvalue weighted by Gasteiger charge is 2.56. The molecule has 1 aliphatic heterocycles. The molecule has 4 rings (SSSR count). The highest BCUT2D eigenvalue weighted by molar-refractivity contribution is 5.82. The summed E-state index contributed by atoms with van der Waals surface area (Å²) in [7, 11) is 0. The van der Waals surface area contributed by atoms with E-state index in [9.17, 15) is 9.90 Å². The Morgan fingerprint density at radius 1 is 1.29 bits per heavy atom. The smallest absolute Gasteiger partial charge is 0.224 e. The number of piperidine rings is 1. The molecule has 152 valence electrons. The third-order valence-corrected chi connectivity index (χ3v) is 6.77. The van der Waals surface area contributed by atoms with Gasteiger partial charge in [0.2, 0.25) is 5.91 Å². The summed E-state index contributed by atoms with van der Waals surface area (Å²) in [6.07, 6.45) is 2.29. The van der Waals surface area contributed by atoms with Crippen molar-refractivity contribution in [2.45, 2.75) is 51.4 Å². The van der Waals surface area contributed by atoms with E-state index in [2.05, 4.69) is 29.7 Å². The van der Waals surface area contributed by atoms with E-state index in [1.54, 1.807) is 0 Å². The second-order valence-corrected chi connectivity index (χ2v) is 8.19. The predicted octanol–water partition coefficient (Wildman–Crippen LogP) is 2.09. The fourth-order valence-corrected chi connectivity index (χ4v) is 4.99. The fraction of sp³-hybridized carbons (Fsp3) is 0.591. The average molecular weight is 386 g/mol. The first-order chi connectivity index (χ1) is 13.5. The number of fused-ring (bicyclic) bond motifs is 1. The van der Waals surface area contributed by atoms with Crippen LogP contribution in [0.15, 0.2) is 30.3 Å². The van der Waals surface area contributed by atoms with E-state index in [-0.39, 0.29) is 30.1 Å². The molecule has 0 bridgehead atoms. The number of ether oxygens (including phenoxy) is 1. The number of likely N-dealkylation sites (tertiary alicyclic amines) is 1. The highest BCUT2D eigenvalue weighted by atomic mass is 16.5. The van der Waals surface area contributed by atoms with Gasteiger partial charge in [0.1, 0.15) is 0 Å². The molecular formula is C22H30N2O4. The maximum atomic E-state index is 12.8. The number of benzene rings is 1. The van der Waals surface area contributed by atoms with Crippen LogP contribution < -0.4 is 0 Å². The molecule has 1 amide bonds. The van der Waals surface area contributed by atoms with Crippen molar-refractivity contribution in [2.24, 2.45) is 5.41 Å². The molecule has 2 fully saturated rings. The van der Waals surface area contributed by atoms with Gasteiger partial charge in [-0.1, -0.05) is 18.2 Å². The zero-order chi connectivity index (χ0) is 19.7. The number of amides is 1. The Bertz CT molecular complexity index is 838. The number of hydrogen-bond donors (Lipinski definition) is 2. The summed E-state index contributed by atoms with van der Waals surface area (Å²) in [6.45, 7) is 4.41. The fourth-order valence-electron chi connectivity index (χ4n) is 4.99. The van der Waals surface area contributed by atoms with Gasteiger partial charge in [-0.25, -0.2) is 0 Å². The van der Waals surface area contributed by atoms with Gasteiger partial charge in [-0.15, -0.1) is 0 Å². The molecule has 2 heterocycles. The van der Waals surface area contributed by atoms with E-state index in [0.717, 1.165) is 12.8 Å². The number of aliphatic hydroxyl groups is 2. The highest BCUT2D eigenvalue weighted by Crippen LogP contribution is 2.51. The largest absolute Gasteiger partial charge is 0.394 e. The van der Waals surface area contributed by atoms with E-state index >= 15 is 0 Å². The minimum Gasteiger partial charge on any atom is -0.394 e. The van der Waals surface area contributed by atoms with Crippen molar-refractivity contribution in [3.63, 3.8) is 0 Å². The molecule has 6 heteroatoms. The summed E-state index contributed by atoms with van der Waals surface area (Å²) in [5, 5.41) is 20.5. The van der Waals surface area contributed by atoms with E-state index in [0.29, 0.717) is 39.1 Å². The number of carbonyl (C=O) groups excluding carboxylic acids is 1. The number of carbonyl (C=O) groups is 1. The summed E-state index contributed by atoms with van der Waals surface area (Å²) in [5.41, 5.74) is 2.11. The van der Waals surface area contributed by atoms with Crippen LogP contribution in [0.2, 0.25) is 0 Å². The van der Waals surface area contributed by atoms with Crippen molar-refractivity contribution >= 4 is 16.8 Å². The Kier molecular flexibility index (Phi) is 5.45. The lowest BCUT2D eigenvalue weighted by molar-refractivity contribution is -0.213. The Morgan fingerprint density at radius 3 is 2.75 bits per heavy atom. The van der Waals surface area contributed by atoms with Crippen LogP contribution >= 0.6 is 0 Å². The van der Waals surface area contributed by atoms with E-state index in [1.165, 1.54) is 16.6 Å². The van der Waals surface area contributed by atoms with Crippen LogP contribution in [0, 0.1) is 12.3 Å². The number of aromatic nitrogens is 1. The first-order valence-corrected chi connectivity index (χ1v) is 10.3. The van der Waals surface area contributed by atoms with Gasteiger partial charge in [0.15, 0.2) is 0 Å². The van der Waals surface area contributed by atoms with Crippen molar-refractivity contribution in [2.75, 3.05) is 26.3 Å². The molecular weight excluding hydrogens is 356 g/mol. The zero-order valence-electron chi connectivity index (χ0n) is 16.5. The lowest BCUT2D eigenvalue weighted by atomic mass is 9.58. The zero-order valence-corrected chi connectivity index (χ0v) is 16.5. The molecule has 2 atom stereocenters. The van der Waals surface area contributed by atoms with Crippen LogP contribution in [-0.2, 0) is 16.1 Å². The average Bonchev–Trinajstić information content (AvgIpc) is 3.04. The quantitative estimate of drug-likeness (QED) is 0.797. The van der Waals surface area contributed by atoms with E-state index in [4.69, 9.17) is 9.84 Å². The van der Waals surface area contributed by atoms with Crippen molar-refractivity contribution in [3.8, 4) is 0 Å². The van der Waals surface area contributed by atoms with E-state index in [1.807, 2.05) is 17.0 Å². The molecule has 0 unspecified atom stereocenters. The Balaban J connectivity index is 1.34. The van der Waals surface area contributed by atoms with Gasteiger partial charge in [0.25, 0.3) is 0 Å². The van der Waals surface area contributed by atoms with Gasteiger partial charge in [-0.2, -0.15) is 0 Å². The minimum absolute atomic E-state index is 0.000732. The summed E-state index contributed by atoms with van der Waals surface area (Å²) in [4.78, 5) is 14.7. The normalized spacial score (nSPS) is 23.9. The standard InChI is InChI=1S/C22H30N2O4/c1-16-14-17-4-2-3-5-18(17)24(16)9-6-21(27)23-10-7-22(8-11-23)19(26)15-20(22)28-13-12-25/h2-5,14,19-20,25-26H,6-13,15H2,1H3/t19-,20+/m0/s1. The van der Waals surface area contributed by atoms with Gasteiger partial charge in [-0.3, -0.25) is 4.79 Å². The van der Waals surface area contributed by atoms with Crippen LogP contribution in [-0.4, -0.2) is 64.1 Å². The first kappa shape index (κ1) is 19.4. The minimum atomic E-state index is -0.359. The SMILES string of the molecule is Cc1cc2ccccc2n1CCC(=O)N1CCC2(CC1)[C@@H](O)C[C@H]2OCCO. The third-order valence-electron chi connectivity index (χ3n) is 6.77. The van der Waals surface area contributed by atoms with E-state index < -0.39 is 0 Å². The molecule has 0 radical (unpaired) electrons. The molecule has 1 aliphatic carbocycles. The molecule has 1 saturated carbocycles. The third kappa shape index (κ3) is 3.34. The molecule has 6 nitrogen and oxygen atoms in total. The second-order valence-electron chi connectivity index (χ2n) is 8.19. The molecule has 1 saturated heterocycles. The lowest BCUT2D eigenvalue weighted by Gasteiger charge is -2.56. The predicted molar refractivity (Wildman–Crippen MR) is 107 cm³/mol. The van der Waals surface area contributed by atoms with Gasteiger partial charge >= 0.3 is 0 Å². The van der Waals surface area contributed by atoms with Crippen molar-refractivity contribution in [1.82, 2.24) is 9.47 Å². The van der Waals surface area contributed by atoms with Crippen molar-refractivity contribution < 1.29 is 19.7 Å². The monoisotopic (exact) mass is 386 g/mol. The number of aliphatic hydroxyl groups excluding tert-OH is 2. The Morgan fingerprint density at radius 2 is 2.04 bits per heavy atom. The topological polar surface area (TPSA) is 74.9 Å². The molecule has 1 aromatic heterocycles. The molecule has 2 aliphatic rings. The number of hydrogen-bond acceptors (Lipinski definition) is 4. The first-order valence-electron chi connectivity index (χ1n) is 10.3. The van der Waals surface area contributed by atoms with Crippen molar-refractivity contribution in [1.29, 1.82) is 0 Å². The summed E-state index contributed by atoms with van der Waals surface area (Å²) in [6, 6.07) is 10.4. The summed E-state index contributed by atoms with van der Waals surface area (Å²) in [5.74, 6) is 0.175. The number of aryl methyl sites for hydroxylation is 2. The maximum absolute atomic E-state index is 12.8. The van der Waals surface area contributed by atoms with Gasteiger partial charge in [-0.05, 0) is 37.3 Å². The van der Waals surface area contributed by atoms with Gasteiger partial charge in [0.05, 0.1) is 25.4 Å². The number of para-hydroxylation sites is 1. The molecule has 2 aromatic rings. The number of rotatable bonds is 6. The van der Waals surface area contributed by atoms with Crippen LogP contribution in [0.4, 0.5) is 0 Å². The van der Waals surface area contributed by atoms with Crippen LogP contribution in [0.3, 0.4) is 0 Å². The van der Waals surface area contributed by atoms with Crippen molar-refractivity contribution in [3.05, 3.63) is 36.0 Å². The lowest BCUT2D eigenvalue weighted by Crippen LogP contribution is -2.62. The van der Waals surface area contributed by atoms with Gasteiger partial charge in [0, 0.05) is 49.1 Å². The summed E-state index contributed by atoms with van der Waals surface area (Å²) < 4.78 is 7.94. The van der Waals surface area contributed by atoms with Crippen LogP contribution in [0.1, 0.15) is 31.4 Å². The molecule has 1 spiro atoms. The number of nitrogens with zero attached hydrogens (tertiary/aromatic N) is 2. The maximum Gasteiger partial charge on any atom is 0.224 e. The molecule has 2 N–H and O–H groups in total. The molecule has 1 aromatic carbocycles. The van der Waals surface area contributed by atoms with Gasteiger partial charge < -0.3 is 24.4 Å². The second kappa shape index (κ2) is 7.85. The Hall–Kier alpha value is -1.89. The van der Waals surface area contributed by atoms with Crippen LogP contribution in [0.25, 0.3) is 10.9 Å². The molecule has 28 heavy (non-hydrogen) atoms.